The molecule has 5 N–H and O–H groups in total. The average Bonchev–Trinajstić information content (AvgIpc) is 3.09. The molecule has 1 heterocycles. The van der Waals surface area contributed by atoms with Crippen LogP contribution in [0.15, 0.2) is 0 Å². The van der Waals surface area contributed by atoms with Gasteiger partial charge in [-0.3, -0.25) is 4.79 Å². The summed E-state index contributed by atoms with van der Waals surface area (Å²) >= 11 is 0. The molecule has 8 atom stereocenters. The third-order valence-corrected chi connectivity index (χ3v) is 10.9. The van der Waals surface area contributed by atoms with Crippen molar-refractivity contribution >= 4 is 5.91 Å². The van der Waals surface area contributed by atoms with Crippen molar-refractivity contribution in [3.63, 3.8) is 0 Å². The summed E-state index contributed by atoms with van der Waals surface area (Å²) in [5.74, 6) is -0.0751. The molecule has 0 aromatic carbocycles. The van der Waals surface area contributed by atoms with E-state index in [4.69, 9.17) is 4.74 Å². The van der Waals surface area contributed by atoms with Crippen molar-refractivity contribution in [1.29, 1.82) is 0 Å². The Kier molecular flexibility index (Phi) is 28.1. The summed E-state index contributed by atoms with van der Waals surface area (Å²) in [6.45, 7) is 8.21. The van der Waals surface area contributed by atoms with Crippen molar-refractivity contribution in [1.82, 2.24) is 4.90 Å². The number of hydrogen-bond acceptors (Lipinski definition) is 7. The summed E-state index contributed by atoms with van der Waals surface area (Å²) in [4.78, 5) is 15.7. The van der Waals surface area contributed by atoms with Crippen LogP contribution in [-0.4, -0.2) is 92.2 Å². The van der Waals surface area contributed by atoms with Crippen LogP contribution in [0.1, 0.15) is 195 Å². The second kappa shape index (κ2) is 29.8. The van der Waals surface area contributed by atoms with Gasteiger partial charge in [-0.05, 0) is 19.8 Å². The Bertz CT molecular complexity index is 768. The minimum absolute atomic E-state index is 0.0104. The third-order valence-electron chi connectivity index (χ3n) is 10.9. The monoisotopic (exact) mass is 700 g/mol. The van der Waals surface area contributed by atoms with E-state index >= 15 is 0 Å². The van der Waals surface area contributed by atoms with Gasteiger partial charge in [-0.25, -0.2) is 0 Å². The van der Waals surface area contributed by atoms with Crippen molar-refractivity contribution in [2.24, 2.45) is 5.92 Å². The van der Waals surface area contributed by atoms with Gasteiger partial charge in [0, 0.05) is 24.9 Å². The predicted octanol–water partition coefficient (Wildman–Crippen LogP) is 8.23. The van der Waals surface area contributed by atoms with Gasteiger partial charge in [0.05, 0.1) is 18.8 Å². The molecule has 8 heteroatoms. The van der Waals surface area contributed by atoms with Crippen LogP contribution in [-0.2, 0) is 9.53 Å². The van der Waals surface area contributed by atoms with E-state index in [-0.39, 0.29) is 30.8 Å². The predicted molar refractivity (Wildman–Crippen MR) is 202 cm³/mol. The third kappa shape index (κ3) is 20.8. The van der Waals surface area contributed by atoms with Gasteiger partial charge in [-0.2, -0.15) is 0 Å². The fraction of sp³-hybridized carbons (Fsp3) is 0.976. The zero-order valence-corrected chi connectivity index (χ0v) is 32.4. The molecule has 0 radical (unpaired) electrons. The number of carbonyl (C=O) groups is 1. The molecule has 0 spiro atoms. The van der Waals surface area contributed by atoms with Gasteiger partial charge in [-0.1, -0.05) is 168 Å². The molecule has 1 fully saturated rings. The Morgan fingerprint density at radius 2 is 0.980 bits per heavy atom. The fourth-order valence-corrected chi connectivity index (χ4v) is 7.39. The van der Waals surface area contributed by atoms with Crippen molar-refractivity contribution in [2.75, 3.05) is 13.2 Å². The molecule has 292 valence electrons. The number of nitrogens with zero attached hydrogens (tertiary/aromatic N) is 1. The molecule has 0 saturated carbocycles. The second-order valence-corrected chi connectivity index (χ2v) is 15.5. The van der Waals surface area contributed by atoms with Crippen molar-refractivity contribution < 1.29 is 35.1 Å². The molecule has 1 rings (SSSR count). The zero-order chi connectivity index (χ0) is 36.3. The maximum absolute atomic E-state index is 13.8. The molecule has 8 nitrogen and oxygen atoms in total. The van der Waals surface area contributed by atoms with Crippen LogP contribution in [0.3, 0.4) is 0 Å². The number of hydrogen-bond donors (Lipinski definition) is 5. The van der Waals surface area contributed by atoms with Crippen molar-refractivity contribution in [2.45, 2.75) is 237 Å². The summed E-state index contributed by atoms with van der Waals surface area (Å²) in [5.41, 5.74) is 0. The van der Waals surface area contributed by atoms with Crippen LogP contribution in [0.4, 0.5) is 0 Å². The van der Waals surface area contributed by atoms with Crippen molar-refractivity contribution in [3.05, 3.63) is 0 Å². The normalized spacial score (nSPS) is 23.0. The van der Waals surface area contributed by atoms with E-state index in [1.165, 1.54) is 122 Å². The zero-order valence-electron chi connectivity index (χ0n) is 32.4. The lowest BCUT2D eigenvalue weighted by molar-refractivity contribution is -0.234. The molecule has 1 aliphatic heterocycles. The van der Waals surface area contributed by atoms with E-state index in [2.05, 4.69) is 20.8 Å². The largest absolute Gasteiger partial charge is 0.394 e. The summed E-state index contributed by atoms with van der Waals surface area (Å²) in [6, 6.07) is -0.0278. The van der Waals surface area contributed by atoms with E-state index in [1.54, 1.807) is 0 Å². The number of aliphatic hydroxyl groups excluding tert-OH is 5. The van der Waals surface area contributed by atoms with Crippen LogP contribution in [0, 0.1) is 5.92 Å². The van der Waals surface area contributed by atoms with Crippen molar-refractivity contribution in [3.8, 4) is 0 Å². The first-order valence-electron chi connectivity index (χ1n) is 21.0. The van der Waals surface area contributed by atoms with E-state index < -0.39 is 43.2 Å². The minimum atomic E-state index is -1.48. The first-order valence-corrected chi connectivity index (χ1v) is 21.0. The van der Waals surface area contributed by atoms with Crippen LogP contribution >= 0.6 is 0 Å². The van der Waals surface area contributed by atoms with E-state index in [0.717, 1.165) is 38.5 Å². The van der Waals surface area contributed by atoms with Gasteiger partial charge in [0.1, 0.15) is 24.4 Å². The van der Waals surface area contributed by atoms with Gasteiger partial charge in [0.15, 0.2) is 0 Å². The van der Waals surface area contributed by atoms with Gasteiger partial charge in [-0.15, -0.1) is 0 Å². The molecule has 0 aromatic rings. The molecule has 0 aromatic heterocycles. The summed E-state index contributed by atoms with van der Waals surface area (Å²) in [6.07, 6.45) is 23.8. The molecule has 1 saturated heterocycles. The highest BCUT2D eigenvalue weighted by Crippen LogP contribution is 2.26. The van der Waals surface area contributed by atoms with Crippen LogP contribution in [0.25, 0.3) is 0 Å². The summed E-state index contributed by atoms with van der Waals surface area (Å²) in [7, 11) is 0. The SMILES string of the molecule is CCCCCCCCCCCCCCC(C)C(=O)N(CC(O)CC1O[C@H](CO)[C@@H](O)[C@H](O)[C@H]1O)C(C)CCCCCCCCCCCCC. The summed E-state index contributed by atoms with van der Waals surface area (Å²) in [5, 5.41) is 51.6. The first-order chi connectivity index (χ1) is 23.7. The first kappa shape index (κ1) is 46.3. The number of rotatable bonds is 32. The lowest BCUT2D eigenvalue weighted by Gasteiger charge is -2.41. The van der Waals surface area contributed by atoms with Gasteiger partial charge in [0.25, 0.3) is 0 Å². The number of unbranched alkanes of at least 4 members (excludes halogenated alkanes) is 21. The van der Waals surface area contributed by atoms with E-state index in [9.17, 15) is 30.3 Å². The fourth-order valence-electron chi connectivity index (χ4n) is 7.39. The molecule has 1 amide bonds. The summed E-state index contributed by atoms with van der Waals surface area (Å²) < 4.78 is 5.65. The molecule has 1 aliphatic rings. The molecular formula is C41H81NO7. The van der Waals surface area contributed by atoms with Crippen LogP contribution < -0.4 is 0 Å². The highest BCUT2D eigenvalue weighted by atomic mass is 16.5. The molecule has 0 bridgehead atoms. The highest BCUT2D eigenvalue weighted by molar-refractivity contribution is 5.78. The quantitative estimate of drug-likeness (QED) is 0.0447. The van der Waals surface area contributed by atoms with Gasteiger partial charge >= 0.3 is 0 Å². The van der Waals surface area contributed by atoms with E-state index in [1.807, 2.05) is 11.8 Å². The number of carbonyl (C=O) groups excluding carboxylic acids is 1. The lowest BCUT2D eigenvalue weighted by Crippen LogP contribution is -2.59. The molecular weight excluding hydrogens is 618 g/mol. The molecule has 49 heavy (non-hydrogen) atoms. The Hall–Kier alpha value is -0.770. The second-order valence-electron chi connectivity index (χ2n) is 15.5. The highest BCUT2D eigenvalue weighted by Gasteiger charge is 2.44. The van der Waals surface area contributed by atoms with Gasteiger partial charge in [0.2, 0.25) is 5.91 Å². The average molecular weight is 700 g/mol. The number of aliphatic hydroxyl groups is 5. The van der Waals surface area contributed by atoms with Crippen LogP contribution in [0.2, 0.25) is 0 Å². The number of ether oxygens (including phenoxy) is 1. The Labute approximate surface area is 301 Å². The minimum Gasteiger partial charge on any atom is -0.394 e. The Morgan fingerprint density at radius 1 is 0.592 bits per heavy atom. The number of amides is 1. The topological polar surface area (TPSA) is 131 Å². The maximum Gasteiger partial charge on any atom is 0.225 e. The molecule has 0 aliphatic carbocycles. The van der Waals surface area contributed by atoms with E-state index in [0.29, 0.717) is 0 Å². The van der Waals surface area contributed by atoms with Crippen LogP contribution in [0.5, 0.6) is 0 Å². The smallest absolute Gasteiger partial charge is 0.225 e. The Balaban J connectivity index is 2.57. The maximum atomic E-state index is 13.8. The standard InChI is InChI=1S/C41H81NO7/c1-5-7-9-11-13-15-17-19-20-22-24-26-28-33(3)41(48)42(34(4)29-27-25-23-21-18-16-14-12-10-8-6-2)31-35(44)30-36-38(45)40(47)39(46)37(32-43)49-36/h33-40,43-47H,5-32H2,1-4H3/t33?,34?,35?,36?,37-,38+,39-,40-/m1/s1. The van der Waals surface area contributed by atoms with Gasteiger partial charge < -0.3 is 35.2 Å². The molecule has 4 unspecified atom stereocenters. The lowest BCUT2D eigenvalue weighted by atomic mass is 9.92. The Morgan fingerprint density at radius 3 is 1.41 bits per heavy atom.